The summed E-state index contributed by atoms with van der Waals surface area (Å²) in [6, 6.07) is 18.3. The summed E-state index contributed by atoms with van der Waals surface area (Å²) in [6.07, 6.45) is 3.27. The van der Waals surface area contributed by atoms with E-state index in [-0.39, 0.29) is 36.3 Å². The first-order valence-electron chi connectivity index (χ1n) is 15.1. The fourth-order valence-corrected chi connectivity index (χ4v) is 5.58. The van der Waals surface area contributed by atoms with Crippen molar-refractivity contribution in [2.75, 3.05) is 20.3 Å². The number of ether oxygens (including phenoxy) is 3. The molecule has 0 amide bonds. The number of rotatable bonds is 16. The molecule has 0 saturated heterocycles. The standard InChI is InChI=1S/C35H42FN3O5/c1-35(2,3)34(43-17-6-5-16-38-39-37)31-18-23(10-14-28(31)30-20-26(42-4)13-15-32(30)36)22-44-27-9-7-8-25(19-27)29(21-33(40)41)24-11-12-24/h7-10,13-15,18-20,24,29,34H,5-6,11-12,16-17,21-22H2,1-4H3,(H,40,41). The molecule has 2 unspecified atom stereocenters. The van der Waals surface area contributed by atoms with Crippen LogP contribution in [0, 0.1) is 17.2 Å². The second kappa shape index (κ2) is 15.1. The van der Waals surface area contributed by atoms with E-state index in [1.165, 1.54) is 6.07 Å². The second-order valence-electron chi connectivity index (χ2n) is 12.4. The minimum Gasteiger partial charge on any atom is -0.497 e. The highest BCUT2D eigenvalue weighted by Crippen LogP contribution is 2.45. The van der Waals surface area contributed by atoms with Gasteiger partial charge in [0, 0.05) is 23.6 Å². The normalized spacial score (nSPS) is 14.4. The van der Waals surface area contributed by atoms with Crippen LogP contribution < -0.4 is 9.47 Å². The Morgan fingerprint density at radius 3 is 2.55 bits per heavy atom. The van der Waals surface area contributed by atoms with E-state index in [9.17, 15) is 9.90 Å². The maximum absolute atomic E-state index is 15.3. The molecule has 0 bridgehead atoms. The first kappa shape index (κ1) is 32.8. The van der Waals surface area contributed by atoms with E-state index in [0.29, 0.717) is 48.1 Å². The summed E-state index contributed by atoms with van der Waals surface area (Å²) in [5.74, 6) is 0.462. The molecule has 3 aromatic rings. The topological polar surface area (TPSA) is 114 Å². The predicted molar refractivity (Wildman–Crippen MR) is 168 cm³/mol. The summed E-state index contributed by atoms with van der Waals surface area (Å²) in [7, 11) is 1.55. The molecule has 0 radical (unpaired) electrons. The Morgan fingerprint density at radius 1 is 1.07 bits per heavy atom. The molecule has 1 fully saturated rings. The Labute approximate surface area is 258 Å². The van der Waals surface area contributed by atoms with Gasteiger partial charge >= 0.3 is 5.97 Å². The van der Waals surface area contributed by atoms with Crippen molar-refractivity contribution in [2.24, 2.45) is 16.4 Å². The maximum atomic E-state index is 15.3. The van der Waals surface area contributed by atoms with Crippen LogP contribution in [0.15, 0.2) is 65.8 Å². The Kier molecular flexibility index (Phi) is 11.3. The van der Waals surface area contributed by atoms with Gasteiger partial charge in [-0.05, 0) is 107 Å². The molecule has 1 N–H and O–H groups in total. The summed E-state index contributed by atoms with van der Waals surface area (Å²) in [5, 5.41) is 13.0. The lowest BCUT2D eigenvalue weighted by Crippen LogP contribution is -2.23. The number of halogens is 1. The maximum Gasteiger partial charge on any atom is 0.303 e. The zero-order valence-corrected chi connectivity index (χ0v) is 26.0. The molecule has 1 aliphatic rings. The Morgan fingerprint density at radius 2 is 1.86 bits per heavy atom. The molecule has 3 aromatic carbocycles. The number of carbonyl (C=O) groups is 1. The minimum absolute atomic E-state index is 0.0175. The number of aliphatic carboxylic acids is 1. The summed E-state index contributed by atoms with van der Waals surface area (Å²) < 4.78 is 33.4. The van der Waals surface area contributed by atoms with Gasteiger partial charge < -0.3 is 19.3 Å². The van der Waals surface area contributed by atoms with E-state index >= 15 is 4.39 Å². The van der Waals surface area contributed by atoms with Crippen LogP contribution in [0.25, 0.3) is 21.6 Å². The lowest BCUT2D eigenvalue weighted by atomic mass is 9.81. The first-order valence-corrected chi connectivity index (χ1v) is 15.1. The van der Waals surface area contributed by atoms with Crippen LogP contribution in [0.4, 0.5) is 4.39 Å². The number of carboxylic acids is 1. The molecule has 0 aromatic heterocycles. The highest BCUT2D eigenvalue weighted by Gasteiger charge is 2.34. The van der Waals surface area contributed by atoms with Crippen molar-refractivity contribution in [1.29, 1.82) is 0 Å². The van der Waals surface area contributed by atoms with Gasteiger partial charge in [0.2, 0.25) is 0 Å². The van der Waals surface area contributed by atoms with E-state index in [0.717, 1.165) is 36.0 Å². The van der Waals surface area contributed by atoms with Crippen molar-refractivity contribution < 1.29 is 28.5 Å². The summed E-state index contributed by atoms with van der Waals surface area (Å²) >= 11 is 0. The highest BCUT2D eigenvalue weighted by molar-refractivity contribution is 5.71. The smallest absolute Gasteiger partial charge is 0.303 e. The average molecular weight is 604 g/mol. The third-order valence-corrected chi connectivity index (χ3v) is 7.93. The SMILES string of the molecule is COc1ccc(F)c(-c2ccc(COc3cccc(C(CC(=O)O)C4CC4)c3)cc2C(OCCCCN=[N+]=[N-])C(C)(C)C)c1. The van der Waals surface area contributed by atoms with Crippen molar-refractivity contribution in [2.45, 2.75) is 71.5 Å². The zero-order chi connectivity index (χ0) is 31.7. The summed E-state index contributed by atoms with van der Waals surface area (Å²) in [6.45, 7) is 7.40. The number of hydrogen-bond acceptors (Lipinski definition) is 5. The van der Waals surface area contributed by atoms with Gasteiger partial charge in [-0.1, -0.05) is 50.2 Å². The summed E-state index contributed by atoms with van der Waals surface area (Å²) in [5.41, 5.74) is 12.1. The van der Waals surface area contributed by atoms with Crippen molar-refractivity contribution in [3.8, 4) is 22.6 Å². The van der Waals surface area contributed by atoms with E-state index in [2.05, 4.69) is 30.8 Å². The van der Waals surface area contributed by atoms with Crippen LogP contribution in [-0.2, 0) is 16.1 Å². The monoisotopic (exact) mass is 603 g/mol. The first-order chi connectivity index (χ1) is 21.1. The van der Waals surface area contributed by atoms with Crippen molar-refractivity contribution in [1.82, 2.24) is 0 Å². The molecule has 0 aliphatic heterocycles. The molecule has 1 aliphatic carbocycles. The molecular formula is C35H42FN3O5. The number of hydrogen-bond donors (Lipinski definition) is 1. The second-order valence-corrected chi connectivity index (χ2v) is 12.4. The molecule has 2 atom stereocenters. The Hall–Kier alpha value is -4.07. The van der Waals surface area contributed by atoms with Crippen LogP contribution in [0.2, 0.25) is 0 Å². The number of nitrogens with zero attached hydrogens (tertiary/aromatic N) is 3. The lowest BCUT2D eigenvalue weighted by Gasteiger charge is -2.33. The number of unbranched alkanes of at least 4 members (excludes halogenated alkanes) is 1. The van der Waals surface area contributed by atoms with Crippen LogP contribution in [0.5, 0.6) is 11.5 Å². The van der Waals surface area contributed by atoms with Gasteiger partial charge in [0.25, 0.3) is 0 Å². The zero-order valence-electron chi connectivity index (χ0n) is 26.0. The van der Waals surface area contributed by atoms with E-state index < -0.39 is 5.97 Å². The molecule has 1 saturated carbocycles. The lowest BCUT2D eigenvalue weighted by molar-refractivity contribution is -0.137. The van der Waals surface area contributed by atoms with Crippen LogP contribution >= 0.6 is 0 Å². The molecule has 0 heterocycles. The fourth-order valence-electron chi connectivity index (χ4n) is 5.58. The van der Waals surface area contributed by atoms with E-state index in [4.69, 9.17) is 19.7 Å². The Balaban J connectivity index is 1.64. The molecule has 234 valence electrons. The van der Waals surface area contributed by atoms with Gasteiger partial charge in [0.1, 0.15) is 23.9 Å². The van der Waals surface area contributed by atoms with Crippen molar-refractivity contribution >= 4 is 5.97 Å². The largest absolute Gasteiger partial charge is 0.497 e. The molecule has 0 spiro atoms. The highest BCUT2D eigenvalue weighted by atomic mass is 19.1. The molecule has 4 rings (SSSR count). The minimum atomic E-state index is -0.792. The van der Waals surface area contributed by atoms with Gasteiger partial charge in [-0.25, -0.2) is 4.39 Å². The molecular weight excluding hydrogens is 561 g/mol. The molecule has 8 nitrogen and oxygen atoms in total. The molecule has 9 heteroatoms. The van der Waals surface area contributed by atoms with Crippen molar-refractivity contribution in [3.63, 3.8) is 0 Å². The van der Waals surface area contributed by atoms with Gasteiger partial charge in [-0.2, -0.15) is 0 Å². The van der Waals surface area contributed by atoms with E-state index in [1.807, 2.05) is 42.5 Å². The number of methoxy groups -OCH3 is 1. The summed E-state index contributed by atoms with van der Waals surface area (Å²) in [4.78, 5) is 14.3. The predicted octanol–water partition coefficient (Wildman–Crippen LogP) is 9.24. The van der Waals surface area contributed by atoms with Crippen LogP contribution in [-0.4, -0.2) is 31.3 Å². The van der Waals surface area contributed by atoms with E-state index in [1.54, 1.807) is 19.2 Å². The third-order valence-electron chi connectivity index (χ3n) is 7.93. The fraction of sp³-hybridized carbons (Fsp3) is 0.457. The number of azide groups is 1. The van der Waals surface area contributed by atoms with Gasteiger partial charge in [0.05, 0.1) is 19.6 Å². The van der Waals surface area contributed by atoms with Crippen molar-refractivity contribution in [3.05, 3.63) is 93.6 Å². The number of benzene rings is 3. The van der Waals surface area contributed by atoms with Gasteiger partial charge in [0.15, 0.2) is 0 Å². The van der Waals surface area contributed by atoms with Gasteiger partial charge in [-0.3, -0.25) is 4.79 Å². The average Bonchev–Trinajstić information content (AvgIpc) is 3.84. The third kappa shape index (κ3) is 8.97. The van der Waals surface area contributed by atoms with Crippen LogP contribution in [0.1, 0.15) is 81.6 Å². The van der Waals surface area contributed by atoms with Gasteiger partial charge in [-0.15, -0.1) is 0 Å². The Bertz CT molecular complexity index is 1480. The quantitative estimate of drug-likeness (QED) is 0.0759. The van der Waals surface area contributed by atoms with Crippen LogP contribution in [0.3, 0.4) is 0 Å². The molecule has 44 heavy (non-hydrogen) atoms. The number of carboxylic acid groups (broad SMARTS) is 1.